The van der Waals surface area contributed by atoms with Crippen molar-refractivity contribution in [2.45, 2.75) is 25.8 Å². The second-order valence-corrected chi connectivity index (χ2v) is 7.19. The summed E-state index contributed by atoms with van der Waals surface area (Å²) in [6.07, 6.45) is 5.70. The molecule has 0 saturated carbocycles. The Labute approximate surface area is 162 Å². The lowest BCUT2D eigenvalue weighted by atomic mass is 10.1. The molecule has 4 aromatic rings. The van der Waals surface area contributed by atoms with Crippen molar-refractivity contribution in [3.63, 3.8) is 0 Å². The van der Waals surface area contributed by atoms with Gasteiger partial charge in [0, 0.05) is 30.6 Å². The summed E-state index contributed by atoms with van der Waals surface area (Å²) in [6, 6.07) is 15.7. The number of likely N-dealkylation sites (tertiary alicyclic amines) is 1. The summed E-state index contributed by atoms with van der Waals surface area (Å²) < 4.78 is 7.13. The summed E-state index contributed by atoms with van der Waals surface area (Å²) in [6.45, 7) is 2.60. The number of amides is 1. The van der Waals surface area contributed by atoms with E-state index in [1.807, 2.05) is 77.1 Å². The smallest absolute Gasteiger partial charge is 0.255 e. The van der Waals surface area contributed by atoms with Gasteiger partial charge in [0.2, 0.25) is 0 Å². The summed E-state index contributed by atoms with van der Waals surface area (Å²) in [5.74, 6) is 0.780. The lowest BCUT2D eigenvalue weighted by Crippen LogP contribution is -2.30. The van der Waals surface area contributed by atoms with Gasteiger partial charge in [0.25, 0.3) is 5.91 Å². The molecular weight excluding hydrogens is 352 g/mol. The molecule has 0 aliphatic carbocycles. The van der Waals surface area contributed by atoms with Gasteiger partial charge in [0.1, 0.15) is 17.1 Å². The minimum atomic E-state index is -0.0247. The van der Waals surface area contributed by atoms with E-state index in [1.165, 1.54) is 0 Å². The minimum Gasteiger partial charge on any atom is -0.361 e. The molecule has 6 heteroatoms. The minimum absolute atomic E-state index is 0.0139. The Morgan fingerprint density at radius 2 is 2.00 bits per heavy atom. The molecule has 1 aliphatic heterocycles. The van der Waals surface area contributed by atoms with Crippen molar-refractivity contribution in [1.82, 2.24) is 19.4 Å². The Hall–Kier alpha value is -3.41. The van der Waals surface area contributed by atoms with E-state index in [9.17, 15) is 4.79 Å². The van der Waals surface area contributed by atoms with E-state index >= 15 is 0 Å². The highest BCUT2D eigenvalue weighted by Gasteiger charge is 2.32. The number of aryl methyl sites for hydroxylation is 1. The van der Waals surface area contributed by atoms with Gasteiger partial charge in [-0.15, -0.1) is 0 Å². The molecule has 0 bridgehead atoms. The molecule has 1 amide bonds. The first-order valence-corrected chi connectivity index (χ1v) is 9.47. The molecule has 1 aromatic carbocycles. The molecule has 1 aliphatic rings. The first-order valence-electron chi connectivity index (χ1n) is 9.47. The van der Waals surface area contributed by atoms with Crippen LogP contribution in [0.2, 0.25) is 0 Å². The summed E-state index contributed by atoms with van der Waals surface area (Å²) in [4.78, 5) is 19.7. The van der Waals surface area contributed by atoms with Crippen LogP contribution in [0.25, 0.3) is 16.9 Å². The maximum Gasteiger partial charge on any atom is 0.255 e. The quantitative estimate of drug-likeness (QED) is 0.539. The van der Waals surface area contributed by atoms with Crippen LogP contribution in [-0.2, 0) is 0 Å². The fourth-order valence-corrected chi connectivity index (χ4v) is 3.89. The van der Waals surface area contributed by atoms with E-state index in [4.69, 9.17) is 4.52 Å². The Morgan fingerprint density at radius 1 is 1.14 bits per heavy atom. The van der Waals surface area contributed by atoms with Crippen LogP contribution in [0.4, 0.5) is 0 Å². The standard InChI is InChI=1S/C22H20N4O2/c1-15-12-18(24-28-15)20-8-5-11-26(20)22(27)17-9-10-21-23-19(14-25(21)13-17)16-6-3-2-4-7-16/h2-4,6-7,9-10,12-14,20H,5,8,11H2,1H3/t20-/m0/s1. The van der Waals surface area contributed by atoms with Crippen molar-refractivity contribution in [1.29, 1.82) is 0 Å². The highest BCUT2D eigenvalue weighted by Crippen LogP contribution is 2.33. The zero-order valence-corrected chi connectivity index (χ0v) is 15.6. The maximum absolute atomic E-state index is 13.2. The Morgan fingerprint density at radius 3 is 2.79 bits per heavy atom. The van der Waals surface area contributed by atoms with Crippen molar-refractivity contribution in [2.75, 3.05) is 6.54 Å². The molecule has 140 valence electrons. The van der Waals surface area contributed by atoms with Crippen LogP contribution in [0.1, 0.15) is 40.7 Å². The third-order valence-corrected chi connectivity index (χ3v) is 5.27. The van der Waals surface area contributed by atoms with E-state index in [1.54, 1.807) is 0 Å². The number of nitrogens with zero attached hydrogens (tertiary/aromatic N) is 4. The van der Waals surface area contributed by atoms with Crippen LogP contribution in [0, 0.1) is 6.92 Å². The number of fused-ring (bicyclic) bond motifs is 1. The van der Waals surface area contributed by atoms with E-state index in [-0.39, 0.29) is 11.9 Å². The first kappa shape index (κ1) is 16.7. The molecule has 6 nitrogen and oxygen atoms in total. The van der Waals surface area contributed by atoms with E-state index in [0.717, 1.165) is 47.7 Å². The zero-order valence-electron chi connectivity index (χ0n) is 15.6. The number of imidazole rings is 1. The van der Waals surface area contributed by atoms with Crippen molar-refractivity contribution < 1.29 is 9.32 Å². The summed E-state index contributed by atoms with van der Waals surface area (Å²) in [7, 11) is 0. The van der Waals surface area contributed by atoms with Gasteiger partial charge in [-0.25, -0.2) is 4.98 Å². The van der Waals surface area contributed by atoms with Crippen LogP contribution in [0.3, 0.4) is 0 Å². The number of carbonyl (C=O) groups excluding carboxylic acids is 1. The Kier molecular flexibility index (Phi) is 3.97. The predicted octanol–water partition coefficient (Wildman–Crippen LogP) is 4.28. The fraction of sp³-hybridized carbons (Fsp3) is 0.227. The second-order valence-electron chi connectivity index (χ2n) is 7.19. The highest BCUT2D eigenvalue weighted by atomic mass is 16.5. The number of hydrogen-bond acceptors (Lipinski definition) is 4. The van der Waals surface area contributed by atoms with Crippen LogP contribution in [0.15, 0.2) is 65.4 Å². The SMILES string of the molecule is Cc1cc([C@@H]2CCCN2C(=O)c2ccc3nc(-c4ccccc4)cn3c2)no1. The Bertz CT molecular complexity index is 1150. The third kappa shape index (κ3) is 2.87. The molecule has 0 N–H and O–H groups in total. The number of carbonyl (C=O) groups is 1. The molecule has 1 saturated heterocycles. The zero-order chi connectivity index (χ0) is 19.1. The number of aromatic nitrogens is 3. The number of benzene rings is 1. The summed E-state index contributed by atoms with van der Waals surface area (Å²) in [5, 5.41) is 4.13. The molecule has 3 aromatic heterocycles. The third-order valence-electron chi connectivity index (χ3n) is 5.27. The van der Waals surface area contributed by atoms with Gasteiger partial charge in [-0.1, -0.05) is 35.5 Å². The molecular formula is C22H20N4O2. The average molecular weight is 372 g/mol. The van der Waals surface area contributed by atoms with Gasteiger partial charge >= 0.3 is 0 Å². The van der Waals surface area contributed by atoms with Crippen molar-refractivity contribution in [2.24, 2.45) is 0 Å². The van der Waals surface area contributed by atoms with Crippen molar-refractivity contribution in [3.8, 4) is 11.3 Å². The second kappa shape index (κ2) is 6.64. The molecule has 1 fully saturated rings. The lowest BCUT2D eigenvalue weighted by molar-refractivity contribution is 0.0730. The van der Waals surface area contributed by atoms with Gasteiger partial charge < -0.3 is 13.8 Å². The van der Waals surface area contributed by atoms with Crippen molar-refractivity contribution >= 4 is 11.6 Å². The van der Waals surface area contributed by atoms with Gasteiger partial charge in [0.05, 0.1) is 17.3 Å². The fourth-order valence-electron chi connectivity index (χ4n) is 3.89. The van der Waals surface area contributed by atoms with E-state index in [2.05, 4.69) is 10.1 Å². The molecule has 0 spiro atoms. The molecule has 4 heterocycles. The van der Waals surface area contributed by atoms with Gasteiger partial charge in [-0.2, -0.15) is 0 Å². The molecule has 1 atom stereocenters. The topological polar surface area (TPSA) is 63.6 Å². The molecule has 28 heavy (non-hydrogen) atoms. The number of hydrogen-bond donors (Lipinski definition) is 0. The monoisotopic (exact) mass is 372 g/mol. The molecule has 5 rings (SSSR count). The number of pyridine rings is 1. The van der Waals surface area contributed by atoms with Gasteiger partial charge in [-0.05, 0) is 31.9 Å². The van der Waals surface area contributed by atoms with Crippen LogP contribution >= 0.6 is 0 Å². The highest BCUT2D eigenvalue weighted by molar-refractivity contribution is 5.94. The maximum atomic E-state index is 13.2. The largest absolute Gasteiger partial charge is 0.361 e. The average Bonchev–Trinajstić information content (AvgIpc) is 3.46. The van der Waals surface area contributed by atoms with E-state index < -0.39 is 0 Å². The first-order chi connectivity index (χ1) is 13.7. The summed E-state index contributed by atoms with van der Waals surface area (Å²) >= 11 is 0. The summed E-state index contributed by atoms with van der Waals surface area (Å²) in [5.41, 5.74) is 4.25. The van der Waals surface area contributed by atoms with Gasteiger partial charge in [0.15, 0.2) is 0 Å². The van der Waals surface area contributed by atoms with E-state index in [0.29, 0.717) is 5.56 Å². The number of rotatable bonds is 3. The Balaban J connectivity index is 1.46. The normalized spacial score (nSPS) is 16.8. The lowest BCUT2D eigenvalue weighted by Gasteiger charge is -2.23. The van der Waals surface area contributed by atoms with Crippen molar-refractivity contribution in [3.05, 3.63) is 77.9 Å². The van der Waals surface area contributed by atoms with Gasteiger partial charge in [-0.3, -0.25) is 4.79 Å². The van der Waals surface area contributed by atoms with Crippen LogP contribution in [0.5, 0.6) is 0 Å². The van der Waals surface area contributed by atoms with Crippen LogP contribution < -0.4 is 0 Å². The van der Waals surface area contributed by atoms with Crippen LogP contribution in [-0.4, -0.2) is 31.9 Å². The predicted molar refractivity (Wildman–Crippen MR) is 105 cm³/mol. The molecule has 0 unspecified atom stereocenters. The molecule has 0 radical (unpaired) electrons.